The maximum atomic E-state index is 12.5. The zero-order chi connectivity index (χ0) is 16.1. The van der Waals surface area contributed by atoms with Crippen molar-refractivity contribution in [1.82, 2.24) is 19.0 Å². The van der Waals surface area contributed by atoms with Gasteiger partial charge < -0.3 is 0 Å². The fraction of sp³-hybridized carbons (Fsp3) is 0.812. The number of hydrogen-bond donors (Lipinski definition) is 0. The van der Waals surface area contributed by atoms with Crippen LogP contribution in [0, 0.1) is 5.41 Å². The van der Waals surface area contributed by atoms with Crippen LogP contribution in [0.2, 0.25) is 0 Å². The molecule has 1 aromatic rings. The molecule has 6 nitrogen and oxygen atoms in total. The molecule has 1 aromatic heterocycles. The first-order valence-corrected chi connectivity index (χ1v) is 10.2. The highest BCUT2D eigenvalue weighted by molar-refractivity contribution is 7.90. The van der Waals surface area contributed by atoms with Crippen molar-refractivity contribution in [3.05, 3.63) is 18.0 Å². The molecule has 0 unspecified atom stereocenters. The number of aryl methyl sites for hydroxylation is 1. The minimum Gasteiger partial charge on any atom is -0.298 e. The highest BCUT2D eigenvalue weighted by Gasteiger charge is 2.48. The largest absolute Gasteiger partial charge is 0.298 e. The third-order valence-corrected chi connectivity index (χ3v) is 7.96. The fourth-order valence-corrected chi connectivity index (χ4v) is 6.23. The van der Waals surface area contributed by atoms with Gasteiger partial charge >= 0.3 is 0 Å². The summed E-state index contributed by atoms with van der Waals surface area (Å²) in [6.45, 7) is 4.49. The van der Waals surface area contributed by atoms with E-state index in [1.807, 2.05) is 17.9 Å². The van der Waals surface area contributed by atoms with Crippen LogP contribution in [0.3, 0.4) is 0 Å². The number of rotatable bonds is 4. The maximum absolute atomic E-state index is 12.5. The van der Waals surface area contributed by atoms with Gasteiger partial charge in [-0.1, -0.05) is 0 Å². The van der Waals surface area contributed by atoms with Gasteiger partial charge in [0.05, 0.1) is 11.4 Å². The number of nitrogens with zero attached hydrogens (tertiary/aromatic N) is 4. The lowest BCUT2D eigenvalue weighted by Crippen LogP contribution is -2.45. The third-order valence-electron chi connectivity index (χ3n) is 5.61. The molecule has 1 spiro atoms. The SMILES string of the molecule is Cn1cc(CN2CCC[C@@]3(CCN(S(=O)(=O)C4CC4)C3)C2)cn1. The lowest BCUT2D eigenvalue weighted by molar-refractivity contribution is 0.0935. The first-order chi connectivity index (χ1) is 11.0. The van der Waals surface area contributed by atoms with Gasteiger partial charge in [-0.2, -0.15) is 5.10 Å². The van der Waals surface area contributed by atoms with Crippen molar-refractivity contribution >= 4 is 10.0 Å². The van der Waals surface area contributed by atoms with E-state index in [1.165, 1.54) is 5.56 Å². The van der Waals surface area contributed by atoms with Crippen LogP contribution in [-0.2, 0) is 23.6 Å². The van der Waals surface area contributed by atoms with Gasteiger partial charge in [-0.25, -0.2) is 12.7 Å². The summed E-state index contributed by atoms with van der Waals surface area (Å²) in [5, 5.41) is 4.17. The van der Waals surface area contributed by atoms with Crippen molar-refractivity contribution < 1.29 is 8.42 Å². The van der Waals surface area contributed by atoms with Crippen molar-refractivity contribution in [2.24, 2.45) is 12.5 Å². The topological polar surface area (TPSA) is 58.4 Å². The van der Waals surface area contributed by atoms with E-state index in [0.717, 1.165) is 64.8 Å². The molecule has 0 aromatic carbocycles. The predicted octanol–water partition coefficient (Wildman–Crippen LogP) is 1.20. The number of sulfonamides is 1. The van der Waals surface area contributed by atoms with Gasteiger partial charge in [0.1, 0.15) is 0 Å². The molecular weight excluding hydrogens is 312 g/mol. The number of aromatic nitrogens is 2. The summed E-state index contributed by atoms with van der Waals surface area (Å²) in [5.41, 5.74) is 1.41. The molecule has 0 N–H and O–H groups in total. The van der Waals surface area contributed by atoms with E-state index in [1.54, 1.807) is 4.31 Å². The van der Waals surface area contributed by atoms with E-state index in [4.69, 9.17) is 0 Å². The minimum absolute atomic E-state index is 0.0762. The molecule has 128 valence electrons. The molecule has 1 saturated carbocycles. The van der Waals surface area contributed by atoms with Gasteiger partial charge in [-0.3, -0.25) is 9.58 Å². The van der Waals surface area contributed by atoms with E-state index in [2.05, 4.69) is 16.2 Å². The molecule has 23 heavy (non-hydrogen) atoms. The average molecular weight is 338 g/mol. The lowest BCUT2D eigenvalue weighted by atomic mass is 9.79. The second-order valence-electron chi connectivity index (χ2n) is 7.66. The average Bonchev–Trinajstić information content (AvgIpc) is 3.19. The summed E-state index contributed by atoms with van der Waals surface area (Å²) < 4.78 is 28.6. The molecule has 2 saturated heterocycles. The normalized spacial score (nSPS) is 30.3. The molecule has 0 amide bonds. The van der Waals surface area contributed by atoms with E-state index in [9.17, 15) is 8.42 Å². The minimum atomic E-state index is -3.01. The Morgan fingerprint density at radius 2 is 2.09 bits per heavy atom. The second-order valence-corrected chi connectivity index (χ2v) is 9.88. The second kappa shape index (κ2) is 5.57. The molecule has 0 bridgehead atoms. The molecule has 3 heterocycles. The van der Waals surface area contributed by atoms with E-state index in [-0.39, 0.29) is 10.7 Å². The fourth-order valence-electron chi connectivity index (χ4n) is 4.28. The molecule has 1 aliphatic carbocycles. The van der Waals surface area contributed by atoms with Crippen molar-refractivity contribution in [2.45, 2.75) is 43.9 Å². The monoisotopic (exact) mass is 338 g/mol. The third kappa shape index (κ3) is 3.06. The molecule has 0 radical (unpaired) electrons. The molecule has 4 rings (SSSR count). The highest BCUT2D eigenvalue weighted by atomic mass is 32.2. The van der Waals surface area contributed by atoms with Crippen LogP contribution in [0.25, 0.3) is 0 Å². The van der Waals surface area contributed by atoms with Crippen molar-refractivity contribution in [3.63, 3.8) is 0 Å². The van der Waals surface area contributed by atoms with Crippen LogP contribution in [0.1, 0.15) is 37.7 Å². The smallest absolute Gasteiger partial charge is 0.217 e. The van der Waals surface area contributed by atoms with Gasteiger partial charge in [-0.05, 0) is 44.1 Å². The van der Waals surface area contributed by atoms with Gasteiger partial charge in [0.15, 0.2) is 0 Å². The van der Waals surface area contributed by atoms with Crippen molar-refractivity contribution in [2.75, 3.05) is 26.2 Å². The van der Waals surface area contributed by atoms with Gasteiger partial charge in [0.2, 0.25) is 10.0 Å². The first kappa shape index (κ1) is 15.6. The number of piperidine rings is 1. The molecular formula is C16H26N4O2S. The summed E-state index contributed by atoms with van der Waals surface area (Å²) in [4.78, 5) is 2.48. The Bertz CT molecular complexity index is 682. The predicted molar refractivity (Wildman–Crippen MR) is 88.3 cm³/mol. The van der Waals surface area contributed by atoms with E-state index < -0.39 is 10.0 Å². The van der Waals surface area contributed by atoms with E-state index in [0.29, 0.717) is 0 Å². The summed E-state index contributed by atoms with van der Waals surface area (Å²) >= 11 is 0. The van der Waals surface area contributed by atoms with Gasteiger partial charge in [0.25, 0.3) is 0 Å². The summed E-state index contributed by atoms with van der Waals surface area (Å²) in [6.07, 6.45) is 9.06. The maximum Gasteiger partial charge on any atom is 0.217 e. The Hall–Kier alpha value is -0.920. The number of likely N-dealkylation sites (tertiary alicyclic amines) is 1. The zero-order valence-electron chi connectivity index (χ0n) is 13.8. The quantitative estimate of drug-likeness (QED) is 0.828. The van der Waals surface area contributed by atoms with Crippen LogP contribution in [0.5, 0.6) is 0 Å². The van der Waals surface area contributed by atoms with Crippen LogP contribution >= 0.6 is 0 Å². The summed E-state index contributed by atoms with van der Waals surface area (Å²) in [5.74, 6) is 0. The highest BCUT2D eigenvalue weighted by Crippen LogP contribution is 2.42. The molecule has 2 aliphatic heterocycles. The van der Waals surface area contributed by atoms with Crippen LogP contribution < -0.4 is 0 Å². The number of hydrogen-bond acceptors (Lipinski definition) is 4. The van der Waals surface area contributed by atoms with Gasteiger partial charge in [0, 0.05) is 45.0 Å². The molecule has 1 atom stereocenters. The molecule has 3 aliphatic rings. The van der Waals surface area contributed by atoms with Crippen LogP contribution in [0.4, 0.5) is 0 Å². The standard InChI is InChI=1S/C16H26N4O2S/c1-18-10-14(9-17-18)11-19-7-2-5-16(12-19)6-8-20(13-16)23(21,22)15-3-4-15/h9-10,15H,2-8,11-13H2,1H3/t16-/m1/s1. The Labute approximate surface area is 138 Å². The van der Waals surface area contributed by atoms with Crippen molar-refractivity contribution in [1.29, 1.82) is 0 Å². The Balaban J connectivity index is 1.42. The van der Waals surface area contributed by atoms with Crippen LogP contribution in [-0.4, -0.2) is 58.8 Å². The summed E-state index contributed by atoms with van der Waals surface area (Å²) in [7, 11) is -1.07. The Kier molecular flexibility index (Phi) is 3.77. The van der Waals surface area contributed by atoms with Crippen molar-refractivity contribution in [3.8, 4) is 0 Å². The molecule has 3 fully saturated rings. The lowest BCUT2D eigenvalue weighted by Gasteiger charge is -2.40. The Morgan fingerprint density at radius 1 is 1.26 bits per heavy atom. The van der Waals surface area contributed by atoms with Crippen LogP contribution in [0.15, 0.2) is 12.4 Å². The Morgan fingerprint density at radius 3 is 2.78 bits per heavy atom. The summed E-state index contributed by atoms with van der Waals surface area (Å²) in [6, 6.07) is 0. The first-order valence-electron chi connectivity index (χ1n) is 8.66. The van der Waals surface area contributed by atoms with E-state index >= 15 is 0 Å². The molecule has 7 heteroatoms. The van der Waals surface area contributed by atoms with Gasteiger partial charge in [-0.15, -0.1) is 0 Å². The zero-order valence-corrected chi connectivity index (χ0v) is 14.6.